The van der Waals surface area contributed by atoms with Crippen LogP contribution < -0.4 is 10.6 Å². The molecule has 0 aromatic rings. The number of carbonyl (C=O) groups is 1. The number of likely N-dealkylation sites (tertiary alicyclic amines) is 1. The SMILES string of the molecule is CCC(=O)N1CCC(NC(=NC)NCC2CN3CCN2CC3)C1.I. The second kappa shape index (κ2) is 9.19. The van der Waals surface area contributed by atoms with Crippen molar-refractivity contribution in [2.45, 2.75) is 31.8 Å². The molecule has 0 aromatic carbocycles. The molecule has 4 aliphatic rings. The zero-order valence-corrected chi connectivity index (χ0v) is 17.2. The number of fused-ring (bicyclic) bond motifs is 3. The molecule has 138 valence electrons. The third-order valence-electron chi connectivity index (χ3n) is 5.31. The fraction of sp³-hybridized carbons (Fsp3) is 0.875. The van der Waals surface area contributed by atoms with Gasteiger partial charge in [-0.25, -0.2) is 0 Å². The first-order valence-electron chi connectivity index (χ1n) is 8.91. The average Bonchev–Trinajstić information content (AvgIpc) is 3.07. The highest BCUT2D eigenvalue weighted by Crippen LogP contribution is 2.15. The van der Waals surface area contributed by atoms with Gasteiger partial charge in [0.2, 0.25) is 5.91 Å². The van der Waals surface area contributed by atoms with Crippen LogP contribution in [-0.2, 0) is 4.79 Å². The van der Waals surface area contributed by atoms with E-state index in [1.165, 1.54) is 26.2 Å². The summed E-state index contributed by atoms with van der Waals surface area (Å²) in [5.74, 6) is 1.11. The monoisotopic (exact) mass is 450 g/mol. The summed E-state index contributed by atoms with van der Waals surface area (Å²) >= 11 is 0. The molecule has 2 bridgehead atoms. The molecule has 2 N–H and O–H groups in total. The molecule has 0 radical (unpaired) electrons. The summed E-state index contributed by atoms with van der Waals surface area (Å²) in [6, 6.07) is 0.890. The van der Waals surface area contributed by atoms with Gasteiger partial charge in [0.15, 0.2) is 5.96 Å². The molecule has 0 spiro atoms. The molecule has 7 nitrogen and oxygen atoms in total. The Morgan fingerprint density at radius 3 is 2.50 bits per heavy atom. The minimum absolute atomic E-state index is 0. The number of carbonyl (C=O) groups excluding carboxylic acids is 1. The second-order valence-corrected chi connectivity index (χ2v) is 6.77. The molecule has 2 atom stereocenters. The Bertz CT molecular complexity index is 452. The van der Waals surface area contributed by atoms with E-state index in [0.717, 1.165) is 38.6 Å². The van der Waals surface area contributed by atoms with Gasteiger partial charge in [0.05, 0.1) is 0 Å². The van der Waals surface area contributed by atoms with E-state index >= 15 is 0 Å². The lowest BCUT2D eigenvalue weighted by Crippen LogP contribution is -2.64. The first-order chi connectivity index (χ1) is 11.2. The van der Waals surface area contributed by atoms with Gasteiger partial charge in [-0.15, -0.1) is 24.0 Å². The van der Waals surface area contributed by atoms with Gasteiger partial charge in [0.1, 0.15) is 0 Å². The zero-order chi connectivity index (χ0) is 16.2. The highest BCUT2D eigenvalue weighted by molar-refractivity contribution is 14.0. The van der Waals surface area contributed by atoms with Crippen LogP contribution in [0.2, 0.25) is 0 Å². The summed E-state index contributed by atoms with van der Waals surface area (Å²) in [4.78, 5) is 23.2. The topological polar surface area (TPSA) is 63.2 Å². The Morgan fingerprint density at radius 1 is 1.17 bits per heavy atom. The molecule has 0 saturated carbocycles. The van der Waals surface area contributed by atoms with Gasteiger partial charge in [-0.3, -0.25) is 19.6 Å². The normalized spacial score (nSPS) is 32.4. The molecule has 24 heavy (non-hydrogen) atoms. The van der Waals surface area contributed by atoms with Crippen LogP contribution >= 0.6 is 24.0 Å². The summed E-state index contributed by atoms with van der Waals surface area (Å²) in [7, 11) is 1.82. The van der Waals surface area contributed by atoms with Crippen LogP contribution in [0.5, 0.6) is 0 Å². The van der Waals surface area contributed by atoms with Crippen LogP contribution in [0, 0.1) is 0 Å². The Labute approximate surface area is 162 Å². The van der Waals surface area contributed by atoms with Crippen molar-refractivity contribution < 1.29 is 4.79 Å². The van der Waals surface area contributed by atoms with Crippen molar-refractivity contribution in [1.82, 2.24) is 25.3 Å². The number of amides is 1. The van der Waals surface area contributed by atoms with Gasteiger partial charge in [-0.05, 0) is 6.42 Å². The second-order valence-electron chi connectivity index (χ2n) is 6.77. The Hall–Kier alpha value is -0.610. The number of hydrogen-bond donors (Lipinski definition) is 2. The van der Waals surface area contributed by atoms with Crippen LogP contribution in [0.4, 0.5) is 0 Å². The minimum atomic E-state index is 0. The Balaban J connectivity index is 0.00000208. The van der Waals surface area contributed by atoms with Crippen LogP contribution in [-0.4, -0.2) is 98.1 Å². The quantitative estimate of drug-likeness (QED) is 0.353. The van der Waals surface area contributed by atoms with Gasteiger partial charge in [-0.2, -0.15) is 0 Å². The van der Waals surface area contributed by atoms with Crippen LogP contribution in [0.1, 0.15) is 19.8 Å². The molecular weight excluding hydrogens is 419 g/mol. The lowest BCUT2D eigenvalue weighted by molar-refractivity contribution is -0.129. The van der Waals surface area contributed by atoms with Crippen molar-refractivity contribution in [3.63, 3.8) is 0 Å². The number of rotatable bonds is 4. The van der Waals surface area contributed by atoms with Crippen molar-refractivity contribution in [3.8, 4) is 0 Å². The first-order valence-corrected chi connectivity index (χ1v) is 8.91. The fourth-order valence-electron chi connectivity index (χ4n) is 3.85. The Kier molecular flexibility index (Phi) is 7.55. The largest absolute Gasteiger partial charge is 0.355 e. The molecule has 8 heteroatoms. The molecule has 0 aliphatic carbocycles. The third kappa shape index (κ3) is 4.72. The number of halogens is 1. The summed E-state index contributed by atoms with van der Waals surface area (Å²) in [5, 5.41) is 6.95. The highest BCUT2D eigenvalue weighted by atomic mass is 127. The Morgan fingerprint density at radius 2 is 1.92 bits per heavy atom. The molecule has 4 rings (SSSR count). The van der Waals surface area contributed by atoms with E-state index < -0.39 is 0 Å². The van der Waals surface area contributed by atoms with Crippen molar-refractivity contribution in [2.24, 2.45) is 4.99 Å². The third-order valence-corrected chi connectivity index (χ3v) is 5.31. The highest BCUT2D eigenvalue weighted by Gasteiger charge is 2.32. The molecule has 4 fully saturated rings. The van der Waals surface area contributed by atoms with E-state index in [4.69, 9.17) is 0 Å². The molecule has 0 aromatic heterocycles. The first kappa shape index (κ1) is 19.7. The van der Waals surface area contributed by atoms with E-state index in [2.05, 4.69) is 25.4 Å². The van der Waals surface area contributed by atoms with E-state index in [1.54, 1.807) is 0 Å². The van der Waals surface area contributed by atoms with E-state index in [9.17, 15) is 4.79 Å². The predicted octanol–water partition coefficient (Wildman–Crippen LogP) is -0.220. The maximum absolute atomic E-state index is 11.8. The van der Waals surface area contributed by atoms with Crippen LogP contribution in [0.15, 0.2) is 4.99 Å². The zero-order valence-electron chi connectivity index (χ0n) is 14.8. The summed E-state index contributed by atoms with van der Waals surface area (Å²) in [6.07, 6.45) is 1.59. The lowest BCUT2D eigenvalue weighted by Gasteiger charge is -2.47. The average molecular weight is 450 g/mol. The molecule has 1 amide bonds. The number of hydrogen-bond acceptors (Lipinski definition) is 4. The molecule has 4 saturated heterocycles. The van der Waals surface area contributed by atoms with E-state index in [-0.39, 0.29) is 29.9 Å². The number of aliphatic imine (C=N–C) groups is 1. The van der Waals surface area contributed by atoms with E-state index in [1.807, 2.05) is 18.9 Å². The number of guanidine groups is 1. The van der Waals surface area contributed by atoms with Gasteiger partial charge in [0, 0.05) is 77.9 Å². The smallest absolute Gasteiger partial charge is 0.222 e. The van der Waals surface area contributed by atoms with Gasteiger partial charge >= 0.3 is 0 Å². The van der Waals surface area contributed by atoms with Crippen molar-refractivity contribution in [3.05, 3.63) is 0 Å². The molecule has 4 heterocycles. The van der Waals surface area contributed by atoms with Gasteiger partial charge < -0.3 is 15.5 Å². The standard InChI is InChI=1S/C16H30N6O.HI/c1-3-15(23)22-5-4-13(11-22)19-16(17-2)18-10-14-12-20-6-8-21(14)9-7-20;/h13-14H,3-12H2,1-2H3,(H2,17,18,19);1H. The predicted molar refractivity (Wildman–Crippen MR) is 107 cm³/mol. The number of nitrogens with zero attached hydrogens (tertiary/aromatic N) is 4. The van der Waals surface area contributed by atoms with Crippen LogP contribution in [0.25, 0.3) is 0 Å². The summed E-state index contributed by atoms with van der Waals surface area (Å²) < 4.78 is 0. The van der Waals surface area contributed by atoms with Crippen LogP contribution in [0.3, 0.4) is 0 Å². The van der Waals surface area contributed by atoms with Crippen molar-refractivity contribution in [2.75, 3.05) is 59.4 Å². The van der Waals surface area contributed by atoms with Crippen molar-refractivity contribution in [1.29, 1.82) is 0 Å². The number of piperazine rings is 3. The lowest BCUT2D eigenvalue weighted by atomic mass is 10.1. The molecule has 2 unspecified atom stereocenters. The van der Waals surface area contributed by atoms with Gasteiger partial charge in [0.25, 0.3) is 0 Å². The molecule has 4 aliphatic heterocycles. The fourth-order valence-corrected chi connectivity index (χ4v) is 3.85. The summed E-state index contributed by atoms with van der Waals surface area (Å²) in [6.45, 7) is 10.5. The van der Waals surface area contributed by atoms with Gasteiger partial charge in [-0.1, -0.05) is 6.92 Å². The maximum atomic E-state index is 11.8. The summed E-state index contributed by atoms with van der Waals surface area (Å²) in [5.41, 5.74) is 0. The minimum Gasteiger partial charge on any atom is -0.355 e. The van der Waals surface area contributed by atoms with E-state index in [0.29, 0.717) is 18.5 Å². The molecular formula is C16H31IN6O. The number of nitrogens with one attached hydrogen (secondary N) is 2. The van der Waals surface area contributed by atoms with Crippen molar-refractivity contribution >= 4 is 35.8 Å². The maximum Gasteiger partial charge on any atom is 0.222 e.